The fourth-order valence-corrected chi connectivity index (χ4v) is 3.72. The summed E-state index contributed by atoms with van der Waals surface area (Å²) in [4.78, 5) is 2.47. The Morgan fingerprint density at radius 1 is 1.13 bits per heavy atom. The van der Waals surface area contributed by atoms with Gasteiger partial charge in [-0.25, -0.2) is 0 Å². The molecule has 0 spiro atoms. The van der Waals surface area contributed by atoms with E-state index in [1.54, 1.807) is 0 Å². The van der Waals surface area contributed by atoms with Crippen LogP contribution in [0, 0.1) is 17.8 Å². The van der Waals surface area contributed by atoms with Crippen molar-refractivity contribution in [3.8, 4) is 0 Å². The Bertz CT molecular complexity index is 226. The van der Waals surface area contributed by atoms with Crippen molar-refractivity contribution in [2.24, 2.45) is 17.8 Å². The molecule has 1 N–H and O–H groups in total. The SMILES string of the molecule is O[C@H]1[C@H]2CC[C@@H](C2)[C@@H]1CN1CCOCC1. The average molecular weight is 211 g/mol. The van der Waals surface area contributed by atoms with E-state index in [0.29, 0.717) is 11.8 Å². The highest BCUT2D eigenvalue weighted by Gasteiger charge is 2.46. The molecule has 0 aromatic carbocycles. The first-order valence-corrected chi connectivity index (χ1v) is 6.33. The highest BCUT2D eigenvalue weighted by molar-refractivity contribution is 4.97. The van der Waals surface area contributed by atoms with Gasteiger partial charge in [-0.05, 0) is 31.1 Å². The molecule has 1 heterocycles. The average Bonchev–Trinajstić information content (AvgIpc) is 2.84. The van der Waals surface area contributed by atoms with Crippen LogP contribution in [0.15, 0.2) is 0 Å². The highest BCUT2D eigenvalue weighted by atomic mass is 16.5. The van der Waals surface area contributed by atoms with Crippen LogP contribution in [0.25, 0.3) is 0 Å². The first kappa shape index (κ1) is 10.1. The standard InChI is InChI=1S/C12H21NO2/c14-12-10-2-1-9(7-10)11(12)8-13-3-5-15-6-4-13/h9-12,14H,1-8H2/t9-,10-,11-,12-/m0/s1. The quantitative estimate of drug-likeness (QED) is 0.731. The number of fused-ring (bicyclic) bond motifs is 2. The van der Waals surface area contributed by atoms with Gasteiger partial charge in [0, 0.05) is 25.6 Å². The Hall–Kier alpha value is -0.120. The highest BCUT2D eigenvalue weighted by Crippen LogP contribution is 2.48. The van der Waals surface area contributed by atoms with E-state index < -0.39 is 0 Å². The second-order valence-electron chi connectivity index (χ2n) is 5.40. The van der Waals surface area contributed by atoms with E-state index in [1.165, 1.54) is 19.3 Å². The predicted molar refractivity (Wildman–Crippen MR) is 57.6 cm³/mol. The Morgan fingerprint density at radius 3 is 2.53 bits per heavy atom. The van der Waals surface area contributed by atoms with Crippen molar-refractivity contribution in [2.75, 3.05) is 32.8 Å². The van der Waals surface area contributed by atoms with Gasteiger partial charge in [-0.2, -0.15) is 0 Å². The second-order valence-corrected chi connectivity index (χ2v) is 5.40. The fourth-order valence-electron chi connectivity index (χ4n) is 3.72. The zero-order valence-electron chi connectivity index (χ0n) is 9.27. The number of nitrogens with zero attached hydrogens (tertiary/aromatic N) is 1. The van der Waals surface area contributed by atoms with Crippen molar-refractivity contribution < 1.29 is 9.84 Å². The molecule has 3 rings (SSSR count). The Balaban J connectivity index is 1.58. The predicted octanol–water partition coefficient (Wildman–Crippen LogP) is 0.726. The normalized spacial score (nSPS) is 46.2. The molecule has 2 bridgehead atoms. The summed E-state index contributed by atoms with van der Waals surface area (Å²) in [6, 6.07) is 0. The maximum Gasteiger partial charge on any atom is 0.0611 e. The van der Waals surface area contributed by atoms with Gasteiger partial charge in [0.05, 0.1) is 19.3 Å². The van der Waals surface area contributed by atoms with Crippen LogP contribution in [0.1, 0.15) is 19.3 Å². The van der Waals surface area contributed by atoms with E-state index in [1.807, 2.05) is 0 Å². The Kier molecular flexibility index (Phi) is 2.71. The minimum absolute atomic E-state index is 0.00778. The minimum atomic E-state index is -0.00778. The van der Waals surface area contributed by atoms with Crippen LogP contribution >= 0.6 is 0 Å². The molecule has 0 aromatic heterocycles. The summed E-state index contributed by atoms with van der Waals surface area (Å²) < 4.78 is 5.35. The van der Waals surface area contributed by atoms with Crippen LogP contribution in [0.3, 0.4) is 0 Å². The molecule has 2 saturated carbocycles. The molecule has 86 valence electrons. The van der Waals surface area contributed by atoms with Crippen molar-refractivity contribution in [1.82, 2.24) is 4.90 Å². The number of morpholine rings is 1. The van der Waals surface area contributed by atoms with E-state index in [2.05, 4.69) is 4.90 Å². The lowest BCUT2D eigenvalue weighted by Gasteiger charge is -2.34. The van der Waals surface area contributed by atoms with Crippen molar-refractivity contribution >= 4 is 0 Å². The molecule has 3 nitrogen and oxygen atoms in total. The van der Waals surface area contributed by atoms with E-state index in [9.17, 15) is 5.11 Å². The molecule has 3 aliphatic rings. The molecular weight excluding hydrogens is 190 g/mol. The van der Waals surface area contributed by atoms with Crippen molar-refractivity contribution in [1.29, 1.82) is 0 Å². The monoisotopic (exact) mass is 211 g/mol. The molecule has 15 heavy (non-hydrogen) atoms. The maximum atomic E-state index is 10.2. The molecule has 3 fully saturated rings. The third-order valence-electron chi connectivity index (χ3n) is 4.61. The summed E-state index contributed by atoms with van der Waals surface area (Å²) >= 11 is 0. The van der Waals surface area contributed by atoms with Crippen LogP contribution in [0.4, 0.5) is 0 Å². The summed E-state index contributed by atoms with van der Waals surface area (Å²) in [5.74, 6) is 2.00. The summed E-state index contributed by atoms with van der Waals surface area (Å²) in [6.07, 6.45) is 3.91. The zero-order valence-corrected chi connectivity index (χ0v) is 9.27. The van der Waals surface area contributed by atoms with Gasteiger partial charge in [0.15, 0.2) is 0 Å². The topological polar surface area (TPSA) is 32.7 Å². The third-order valence-corrected chi connectivity index (χ3v) is 4.61. The lowest BCUT2D eigenvalue weighted by molar-refractivity contribution is -0.00240. The molecule has 0 amide bonds. The van der Waals surface area contributed by atoms with Gasteiger partial charge in [0.1, 0.15) is 0 Å². The maximum absolute atomic E-state index is 10.2. The van der Waals surface area contributed by atoms with Crippen LogP contribution < -0.4 is 0 Å². The van der Waals surface area contributed by atoms with E-state index in [4.69, 9.17) is 4.74 Å². The Morgan fingerprint density at radius 2 is 1.87 bits per heavy atom. The summed E-state index contributed by atoms with van der Waals surface area (Å²) in [5, 5.41) is 10.2. The van der Waals surface area contributed by atoms with Gasteiger partial charge in [-0.15, -0.1) is 0 Å². The molecule has 1 aliphatic heterocycles. The minimum Gasteiger partial charge on any atom is -0.392 e. The van der Waals surface area contributed by atoms with Crippen LogP contribution in [0.2, 0.25) is 0 Å². The number of hydrogen-bond donors (Lipinski definition) is 1. The third kappa shape index (κ3) is 1.81. The first-order chi connectivity index (χ1) is 7.34. The molecule has 0 unspecified atom stereocenters. The number of aliphatic hydroxyl groups excluding tert-OH is 1. The van der Waals surface area contributed by atoms with Crippen LogP contribution in [-0.2, 0) is 4.74 Å². The van der Waals surface area contributed by atoms with Crippen LogP contribution in [0.5, 0.6) is 0 Å². The van der Waals surface area contributed by atoms with E-state index >= 15 is 0 Å². The van der Waals surface area contributed by atoms with Gasteiger partial charge in [0.25, 0.3) is 0 Å². The van der Waals surface area contributed by atoms with Crippen molar-refractivity contribution in [2.45, 2.75) is 25.4 Å². The van der Waals surface area contributed by atoms with Crippen LogP contribution in [-0.4, -0.2) is 49.0 Å². The van der Waals surface area contributed by atoms with Crippen molar-refractivity contribution in [3.05, 3.63) is 0 Å². The number of ether oxygens (including phenoxy) is 1. The van der Waals surface area contributed by atoms with Gasteiger partial charge in [-0.3, -0.25) is 4.90 Å². The van der Waals surface area contributed by atoms with Gasteiger partial charge in [-0.1, -0.05) is 0 Å². The van der Waals surface area contributed by atoms with E-state index in [0.717, 1.165) is 38.8 Å². The molecule has 4 atom stereocenters. The van der Waals surface area contributed by atoms with Gasteiger partial charge < -0.3 is 9.84 Å². The smallest absolute Gasteiger partial charge is 0.0611 e. The largest absolute Gasteiger partial charge is 0.392 e. The van der Waals surface area contributed by atoms with Gasteiger partial charge in [0.2, 0.25) is 0 Å². The Labute approximate surface area is 91.4 Å². The number of aliphatic hydroxyl groups is 1. The lowest BCUT2D eigenvalue weighted by atomic mass is 9.86. The second kappa shape index (κ2) is 4.04. The lowest BCUT2D eigenvalue weighted by Crippen LogP contribution is -2.43. The summed E-state index contributed by atoms with van der Waals surface area (Å²) in [5.41, 5.74) is 0. The fraction of sp³-hybridized carbons (Fsp3) is 1.00. The number of rotatable bonds is 2. The molecule has 0 radical (unpaired) electrons. The molecular formula is C12H21NO2. The summed E-state index contributed by atoms with van der Waals surface area (Å²) in [7, 11) is 0. The molecule has 3 heteroatoms. The summed E-state index contributed by atoms with van der Waals surface area (Å²) in [6.45, 7) is 4.96. The van der Waals surface area contributed by atoms with Gasteiger partial charge >= 0.3 is 0 Å². The van der Waals surface area contributed by atoms with Crippen molar-refractivity contribution in [3.63, 3.8) is 0 Å². The van der Waals surface area contributed by atoms with E-state index in [-0.39, 0.29) is 6.10 Å². The molecule has 1 saturated heterocycles. The zero-order chi connectivity index (χ0) is 10.3. The molecule has 2 aliphatic carbocycles. The molecule has 0 aromatic rings. The first-order valence-electron chi connectivity index (χ1n) is 6.33. The number of hydrogen-bond acceptors (Lipinski definition) is 3.